The van der Waals surface area contributed by atoms with Crippen LogP contribution >= 0.6 is 50.7 Å². The fourth-order valence-corrected chi connectivity index (χ4v) is 23.5. The number of benzene rings is 8. The first-order chi connectivity index (χ1) is 71.0. The van der Waals surface area contributed by atoms with Gasteiger partial charge < -0.3 is 64.9 Å². The Balaban J connectivity index is 0.000000135. The van der Waals surface area contributed by atoms with Crippen LogP contribution in [-0.2, 0) is 118 Å². The largest absolute Gasteiger partial charge is 0.495 e. The number of aryl methyl sites for hydroxylation is 9. The van der Waals surface area contributed by atoms with Crippen molar-refractivity contribution in [2.45, 2.75) is 205 Å². The fraction of sp³-hybridized carbons (Fsp3) is 0.429. The molecule has 8 heterocycles. The number of Topliss-reactive ketones (excluding diaryl/α,β-unsaturated/α-hetero) is 4. The number of likely N-dealkylation sites (tertiary alicyclic amines) is 2. The van der Waals surface area contributed by atoms with Crippen LogP contribution in [0.4, 0.5) is 57.9 Å². The van der Waals surface area contributed by atoms with Gasteiger partial charge in [0, 0.05) is 135 Å². The second-order valence-corrected chi connectivity index (χ2v) is 44.9. The lowest BCUT2D eigenvalue weighted by molar-refractivity contribution is -0.122. The maximum Gasteiger partial charge on any atom is 0.227 e. The molecule has 25 nitrogen and oxygen atoms in total. The van der Waals surface area contributed by atoms with Crippen molar-refractivity contribution in [2.75, 3.05) is 159 Å². The molecule has 0 amide bonds. The molecule has 0 saturated carbocycles. The minimum Gasteiger partial charge on any atom is -0.495 e. The van der Waals surface area contributed by atoms with Crippen LogP contribution in [0, 0.1) is 6.92 Å². The normalized spacial score (nSPS) is 17.4. The first-order valence-corrected chi connectivity index (χ1v) is 54.1. The van der Waals surface area contributed by atoms with Crippen molar-refractivity contribution < 1.29 is 33.4 Å². The molecule has 4 fully saturated rings. The molecule has 4 saturated heterocycles. The van der Waals surface area contributed by atoms with Crippen LogP contribution in [-0.4, -0.2) is 210 Å². The van der Waals surface area contributed by atoms with Gasteiger partial charge in [0.1, 0.15) is 40.4 Å². The Labute approximate surface area is 895 Å². The van der Waals surface area contributed by atoms with Gasteiger partial charge in [-0.05, 0) is 347 Å². The number of nitrogens with zero attached hydrogens (tertiary/aromatic N) is 14. The van der Waals surface area contributed by atoms with Crippen molar-refractivity contribution >= 4 is 132 Å². The van der Waals surface area contributed by atoms with Crippen LogP contribution in [0.3, 0.4) is 0 Å². The molecule has 29 heteroatoms. The molecular formula is C119H140BrCl3N18O7. The molecule has 20 rings (SSSR count). The minimum absolute atomic E-state index is 0.272. The third kappa shape index (κ3) is 24.4. The summed E-state index contributed by atoms with van der Waals surface area (Å²) in [6.07, 6.45) is 19.4. The van der Waals surface area contributed by atoms with Crippen LogP contribution in [0.2, 0.25) is 15.1 Å². The number of hydrogen-bond donors (Lipinski definition) is 4. The lowest BCUT2D eigenvalue weighted by Gasteiger charge is -2.35. The number of ketones is 4. The number of hydrogen-bond acceptors (Lipinski definition) is 25. The van der Waals surface area contributed by atoms with Crippen LogP contribution in [0.5, 0.6) is 17.2 Å². The van der Waals surface area contributed by atoms with Gasteiger partial charge in [-0.25, -0.2) is 39.9 Å². The molecular weight excluding hydrogens is 1980 g/mol. The molecule has 12 aromatic rings. The molecule has 0 unspecified atom stereocenters. The number of nitrogens with one attached hydrogen (secondary N) is 4. The van der Waals surface area contributed by atoms with E-state index in [4.69, 9.17) is 68.9 Å². The Hall–Kier alpha value is -11.9. The highest BCUT2D eigenvalue weighted by atomic mass is 79.9. The number of fused-ring (bicyclic) bond motifs is 4. The van der Waals surface area contributed by atoms with E-state index in [0.29, 0.717) is 101 Å². The number of rotatable bonds is 28. The average Bonchev–Trinajstić information content (AvgIpc) is 1.62. The molecule has 0 bridgehead atoms. The standard InChI is InChI=1S/C30H35BrN4O.C30H36ClN5O2.C30H35ClN4O2.C29H34ClN5O2/c1-19-16-22(20-12-14-35(4)15-13-20)9-10-25(19)33-29-32-18-24(31)26(34-29)11-8-21-6-5-7-23-17-27(36)30(2,3)28(21)23;1-5-35-13-15-36(16-14-35)22-10-12-25(26(18-22)38-4)34-29-32-19-23(31)24(33-29)11-9-20-7-6-8-21-17-27(37)30(2,3)28(20)21;1-30(2)27(36)17-22-7-5-6-20(28(22)30)8-10-24-23(31)18-32-29(33-24)34-25-11-9-21(16-26(25)37-4)19-12-14-35(3)15-13-19;1-29(2)26(36)16-20-7-5-6-19(27(20)29)8-10-23-22(30)18-31-28(32-23)33-24-11-9-21(17-25(24)37-4)35-14-12-34(3)13-15-35/h5-7,9-10,16,18,20H,8,11-15,17H2,1-4H3,(H,32,33,34);6-8,10,12,18-19H,5,9,11,13-17H2,1-4H3,(H,32,33,34);5-7,9,11,16,18-19H,8,10,12-15,17H2,1-4H3,(H,32,33,34);5-7,9,11,17-18H,8,10,12-16H2,1-4H3,(H,31,32,33). The molecule has 148 heavy (non-hydrogen) atoms. The summed E-state index contributed by atoms with van der Waals surface area (Å²) in [5.74, 6) is 6.62. The zero-order valence-electron chi connectivity index (χ0n) is 88.5. The maximum absolute atomic E-state index is 12.6. The van der Waals surface area contributed by atoms with E-state index in [1.54, 1.807) is 39.9 Å². The molecule has 4 aliphatic carbocycles. The van der Waals surface area contributed by atoms with Crippen molar-refractivity contribution in [3.8, 4) is 17.2 Å². The summed E-state index contributed by atoms with van der Waals surface area (Å²) >= 11 is 23.2. The molecule has 0 spiro atoms. The lowest BCUT2D eigenvalue weighted by atomic mass is 9.81. The Bertz CT molecular complexity index is 6680. The van der Waals surface area contributed by atoms with Gasteiger partial charge in [0.25, 0.3) is 0 Å². The van der Waals surface area contributed by atoms with E-state index in [1.807, 2.05) is 91.9 Å². The first-order valence-electron chi connectivity index (χ1n) is 52.2. The highest BCUT2D eigenvalue weighted by Gasteiger charge is 2.44. The van der Waals surface area contributed by atoms with Crippen LogP contribution in [0.25, 0.3) is 0 Å². The molecule has 0 atom stereocenters. The second kappa shape index (κ2) is 46.7. The maximum atomic E-state index is 12.6. The van der Waals surface area contributed by atoms with Crippen molar-refractivity contribution in [3.63, 3.8) is 0 Å². The Morgan fingerprint density at radius 3 is 1.00 bits per heavy atom. The smallest absolute Gasteiger partial charge is 0.227 e. The predicted molar refractivity (Wildman–Crippen MR) is 599 cm³/mol. The second-order valence-electron chi connectivity index (χ2n) is 42.8. The lowest BCUT2D eigenvalue weighted by Crippen LogP contribution is -2.46. The van der Waals surface area contributed by atoms with Crippen molar-refractivity contribution in [3.05, 3.63) is 296 Å². The van der Waals surface area contributed by atoms with E-state index >= 15 is 0 Å². The van der Waals surface area contributed by atoms with Gasteiger partial charge >= 0.3 is 0 Å². The molecule has 4 aromatic heterocycles. The Morgan fingerprint density at radius 2 is 0.655 bits per heavy atom. The number of carbonyl (C=O) groups is 4. The Kier molecular flexibility index (Phi) is 33.9. The SMILES string of the molecule is CCN1CCN(c2ccc(Nc3ncc(Cl)c(CCc4cccc5c4C(C)(C)C(=O)C5)n3)c(OC)c2)CC1.COc1cc(C2CCN(C)CC2)ccc1Nc1ncc(Cl)c(CCc2cccc3c2C(C)(C)C(=O)C3)n1.COc1cc(N2CCN(C)CC2)ccc1Nc1ncc(Cl)c(CCc2cccc3c2C(C)(C)C(=O)C3)n1.Cc1cc(C2CCN(C)CC2)ccc1Nc1ncc(Br)c(CCc2cccc3c2C(C)(C)C(=O)C3)n1. The summed E-state index contributed by atoms with van der Waals surface area (Å²) in [6, 6.07) is 50.4. The van der Waals surface area contributed by atoms with E-state index in [1.165, 1.54) is 76.0 Å². The van der Waals surface area contributed by atoms with Gasteiger partial charge in [-0.1, -0.05) is 133 Å². The summed E-state index contributed by atoms with van der Waals surface area (Å²) in [7, 11) is 11.6. The number of piperazine rings is 2. The average molecular weight is 2120 g/mol. The third-order valence-corrected chi connectivity index (χ3v) is 33.3. The van der Waals surface area contributed by atoms with E-state index in [0.717, 1.165) is 229 Å². The number of likely N-dealkylation sites (N-methyl/N-ethyl adjacent to an activating group) is 2. The number of ether oxygens (including phenoxy) is 3. The van der Waals surface area contributed by atoms with Gasteiger partial charge in [-0.15, -0.1) is 0 Å². The highest BCUT2D eigenvalue weighted by Crippen LogP contribution is 2.46. The fourth-order valence-electron chi connectivity index (χ4n) is 22.6. The van der Waals surface area contributed by atoms with Crippen molar-refractivity contribution in [1.82, 2.24) is 59.5 Å². The van der Waals surface area contributed by atoms with Gasteiger partial charge in [0.2, 0.25) is 23.8 Å². The van der Waals surface area contributed by atoms with E-state index in [-0.39, 0.29) is 17.3 Å². The summed E-state index contributed by atoms with van der Waals surface area (Å²) in [5.41, 5.74) is 25.3. The van der Waals surface area contributed by atoms with Gasteiger partial charge in [0.15, 0.2) is 0 Å². The van der Waals surface area contributed by atoms with Gasteiger partial charge in [-0.3, -0.25) is 19.2 Å². The summed E-state index contributed by atoms with van der Waals surface area (Å²) in [5, 5.41) is 15.0. The third-order valence-electron chi connectivity index (χ3n) is 31.7. The molecule has 4 N–H and O–H groups in total. The number of anilines is 10. The number of carbonyl (C=O) groups excluding carboxylic acids is 4. The first kappa shape index (κ1) is 107. The number of halogens is 4. The Morgan fingerprint density at radius 1 is 0.358 bits per heavy atom. The summed E-state index contributed by atoms with van der Waals surface area (Å²) in [4.78, 5) is 101. The van der Waals surface area contributed by atoms with Crippen molar-refractivity contribution in [1.29, 1.82) is 0 Å². The summed E-state index contributed by atoms with van der Waals surface area (Å²) in [6.45, 7) is 34.5. The molecule has 4 aliphatic heterocycles. The monoisotopic (exact) mass is 2120 g/mol. The minimum atomic E-state index is -0.458. The van der Waals surface area contributed by atoms with E-state index < -0.39 is 21.7 Å². The number of aromatic nitrogens is 8. The molecule has 8 aliphatic rings. The molecule has 8 aromatic carbocycles. The molecule has 776 valence electrons. The quantitative estimate of drug-likeness (QED) is 0.0355. The predicted octanol–water partition coefficient (Wildman–Crippen LogP) is 22.2. The zero-order valence-corrected chi connectivity index (χ0v) is 92.3. The topological polar surface area (TPSA) is 267 Å². The van der Waals surface area contributed by atoms with Crippen LogP contribution in [0.1, 0.15) is 206 Å². The summed E-state index contributed by atoms with van der Waals surface area (Å²) < 4.78 is 18.0. The van der Waals surface area contributed by atoms with E-state index in [9.17, 15) is 19.2 Å². The van der Waals surface area contributed by atoms with Crippen LogP contribution in [0.15, 0.2) is 175 Å². The van der Waals surface area contributed by atoms with Gasteiger partial charge in [-0.2, -0.15) is 0 Å². The number of methoxy groups -OCH3 is 3. The van der Waals surface area contributed by atoms with E-state index in [2.05, 4.69) is 237 Å². The highest BCUT2D eigenvalue weighted by molar-refractivity contribution is 9.10. The van der Waals surface area contributed by atoms with Crippen LogP contribution < -0.4 is 45.3 Å². The number of piperidine rings is 2. The molecule has 0 radical (unpaired) electrons. The zero-order chi connectivity index (χ0) is 105. The van der Waals surface area contributed by atoms with Crippen molar-refractivity contribution in [2.24, 2.45) is 0 Å². The van der Waals surface area contributed by atoms with Gasteiger partial charge in [0.05, 0.1) is 99.3 Å².